The molecule has 2 aromatic heterocycles. The summed E-state index contributed by atoms with van der Waals surface area (Å²) in [6.07, 6.45) is 1.42. The zero-order valence-corrected chi connectivity index (χ0v) is 17.3. The Morgan fingerprint density at radius 3 is 2.53 bits per heavy atom. The van der Waals surface area contributed by atoms with E-state index in [0.717, 1.165) is 11.4 Å². The van der Waals surface area contributed by atoms with Crippen molar-refractivity contribution in [3.63, 3.8) is 0 Å². The zero-order chi connectivity index (χ0) is 21.6. The van der Waals surface area contributed by atoms with Crippen LogP contribution < -0.4 is 15.8 Å². The summed E-state index contributed by atoms with van der Waals surface area (Å²) in [6.45, 7) is 3.66. The molecule has 0 spiro atoms. The van der Waals surface area contributed by atoms with Gasteiger partial charge in [0.2, 0.25) is 16.0 Å². The summed E-state index contributed by atoms with van der Waals surface area (Å²) in [5.74, 6) is 0.152. The molecule has 3 heterocycles. The fourth-order valence-corrected chi connectivity index (χ4v) is 3.99. The lowest BCUT2D eigenvalue weighted by Gasteiger charge is -2.28. The molecule has 11 nitrogen and oxygen atoms in total. The van der Waals surface area contributed by atoms with E-state index >= 15 is 0 Å². The van der Waals surface area contributed by atoms with Crippen LogP contribution in [-0.2, 0) is 21.9 Å². The van der Waals surface area contributed by atoms with E-state index in [1.54, 1.807) is 23.3 Å². The van der Waals surface area contributed by atoms with Crippen molar-refractivity contribution in [1.82, 2.24) is 24.5 Å². The topological polar surface area (TPSA) is 150 Å². The number of primary sulfonamides is 1. The first-order chi connectivity index (χ1) is 14.1. The molecule has 0 fully saturated rings. The largest absolute Gasteiger partial charge is 0.328 e. The van der Waals surface area contributed by atoms with Crippen molar-refractivity contribution in [2.45, 2.75) is 24.8 Å². The second kappa shape index (κ2) is 7.07. The van der Waals surface area contributed by atoms with E-state index in [0.29, 0.717) is 22.9 Å². The lowest BCUT2D eigenvalue weighted by Crippen LogP contribution is -2.32. The van der Waals surface area contributed by atoms with Gasteiger partial charge < -0.3 is 10.6 Å². The van der Waals surface area contributed by atoms with Gasteiger partial charge in [-0.05, 0) is 44.2 Å². The van der Waals surface area contributed by atoms with E-state index in [2.05, 4.69) is 25.8 Å². The third-order valence-corrected chi connectivity index (χ3v) is 5.73. The van der Waals surface area contributed by atoms with Crippen molar-refractivity contribution < 1.29 is 13.2 Å². The number of nitrogens with one attached hydrogen (secondary N) is 2. The number of hydrogen-bond donors (Lipinski definition) is 3. The highest BCUT2D eigenvalue weighted by Gasteiger charge is 2.35. The summed E-state index contributed by atoms with van der Waals surface area (Å²) in [5.41, 5.74) is 3.07. The van der Waals surface area contributed by atoms with Crippen molar-refractivity contribution in [3.8, 4) is 0 Å². The van der Waals surface area contributed by atoms with Crippen LogP contribution >= 0.6 is 0 Å². The number of aryl methyl sites for hydroxylation is 2. The summed E-state index contributed by atoms with van der Waals surface area (Å²) in [5, 5.41) is 19.7. The Balaban J connectivity index is 1.72. The Bertz CT molecular complexity index is 1270. The number of fused-ring (bicyclic) bond motifs is 1. The van der Waals surface area contributed by atoms with Crippen LogP contribution in [0.3, 0.4) is 0 Å². The van der Waals surface area contributed by atoms with E-state index in [9.17, 15) is 13.2 Å². The predicted molar refractivity (Wildman–Crippen MR) is 109 cm³/mol. The molecule has 4 N–H and O–H groups in total. The number of anilines is 2. The molecule has 1 atom stereocenters. The number of carbonyl (C=O) groups is 1. The average molecular weight is 428 g/mol. The number of nitrogens with zero attached hydrogens (tertiary/aromatic N) is 5. The average Bonchev–Trinajstić information content (AvgIpc) is 3.25. The number of benzene rings is 1. The minimum absolute atomic E-state index is 0.0364. The van der Waals surface area contributed by atoms with Crippen LogP contribution in [0.25, 0.3) is 0 Å². The van der Waals surface area contributed by atoms with E-state index in [1.165, 1.54) is 30.6 Å². The summed E-state index contributed by atoms with van der Waals surface area (Å²) in [7, 11) is -2.01. The molecular formula is C18H20N8O3S. The molecule has 1 aliphatic heterocycles. The maximum absolute atomic E-state index is 13.3. The van der Waals surface area contributed by atoms with Gasteiger partial charge in [0.25, 0.3) is 5.91 Å². The van der Waals surface area contributed by atoms with Crippen LogP contribution in [0.2, 0.25) is 0 Å². The highest BCUT2D eigenvalue weighted by molar-refractivity contribution is 7.89. The minimum atomic E-state index is -3.81. The molecule has 0 bridgehead atoms. The Hall–Kier alpha value is -3.51. The number of amides is 1. The minimum Gasteiger partial charge on any atom is -0.328 e. The molecule has 1 amide bonds. The molecule has 156 valence electrons. The van der Waals surface area contributed by atoms with Gasteiger partial charge in [-0.2, -0.15) is 15.2 Å². The lowest BCUT2D eigenvalue weighted by molar-refractivity contribution is -0.113. The summed E-state index contributed by atoms with van der Waals surface area (Å²) in [4.78, 5) is 17.4. The quantitative estimate of drug-likeness (QED) is 0.558. The molecule has 0 radical (unpaired) electrons. The van der Waals surface area contributed by atoms with Crippen LogP contribution in [0.15, 0.2) is 52.8 Å². The normalized spacial score (nSPS) is 16.2. The van der Waals surface area contributed by atoms with Gasteiger partial charge in [-0.25, -0.2) is 18.2 Å². The predicted octanol–water partition coefficient (Wildman–Crippen LogP) is 0.895. The van der Waals surface area contributed by atoms with Gasteiger partial charge in [-0.3, -0.25) is 9.48 Å². The molecular weight excluding hydrogens is 408 g/mol. The van der Waals surface area contributed by atoms with Gasteiger partial charge >= 0.3 is 0 Å². The number of aromatic nitrogens is 5. The first-order valence-corrected chi connectivity index (χ1v) is 10.5. The first kappa shape index (κ1) is 19.8. The Kier molecular flexibility index (Phi) is 4.67. The van der Waals surface area contributed by atoms with Crippen molar-refractivity contribution in [1.29, 1.82) is 0 Å². The number of allylic oxidation sites excluding steroid dienone is 1. The van der Waals surface area contributed by atoms with Crippen molar-refractivity contribution >= 4 is 27.6 Å². The number of carbonyl (C=O) groups excluding carboxylic acids is 1. The number of nitrogens with two attached hydrogens (primary N) is 1. The molecule has 1 unspecified atom stereocenters. The van der Waals surface area contributed by atoms with Crippen LogP contribution in [0.5, 0.6) is 0 Å². The molecule has 0 saturated carbocycles. The van der Waals surface area contributed by atoms with Gasteiger partial charge in [0.15, 0.2) is 0 Å². The van der Waals surface area contributed by atoms with Gasteiger partial charge in [-0.15, -0.1) is 0 Å². The second-order valence-corrected chi connectivity index (χ2v) is 8.51. The number of hydrogen-bond acceptors (Lipinski definition) is 7. The van der Waals surface area contributed by atoms with Crippen LogP contribution in [-0.4, -0.2) is 38.9 Å². The maximum atomic E-state index is 13.3. The molecule has 4 rings (SSSR count). The molecule has 1 aliphatic rings. The molecule has 12 heteroatoms. The van der Waals surface area contributed by atoms with Crippen molar-refractivity contribution in [2.24, 2.45) is 12.2 Å². The van der Waals surface area contributed by atoms with E-state index in [1.807, 2.05) is 13.0 Å². The van der Waals surface area contributed by atoms with Gasteiger partial charge in [-0.1, -0.05) is 0 Å². The Morgan fingerprint density at radius 2 is 1.93 bits per heavy atom. The lowest BCUT2D eigenvalue weighted by atomic mass is 9.99. The van der Waals surface area contributed by atoms with Crippen molar-refractivity contribution in [2.75, 3.05) is 10.6 Å². The smallest absolute Gasteiger partial charge is 0.255 e. The summed E-state index contributed by atoms with van der Waals surface area (Å²) in [6, 6.07) is 6.98. The molecule has 0 saturated heterocycles. The first-order valence-electron chi connectivity index (χ1n) is 8.97. The Labute approximate surface area is 172 Å². The highest BCUT2D eigenvalue weighted by Crippen LogP contribution is 2.35. The van der Waals surface area contributed by atoms with E-state index < -0.39 is 16.1 Å². The van der Waals surface area contributed by atoms with Gasteiger partial charge in [0.1, 0.15) is 12.4 Å². The fraction of sp³-hybridized carbons (Fsp3) is 0.222. The zero-order valence-electron chi connectivity index (χ0n) is 16.5. The van der Waals surface area contributed by atoms with Crippen LogP contribution in [0.4, 0.5) is 11.6 Å². The van der Waals surface area contributed by atoms with E-state index in [4.69, 9.17) is 5.14 Å². The third-order valence-electron chi connectivity index (χ3n) is 4.80. The molecule has 1 aromatic carbocycles. The van der Waals surface area contributed by atoms with E-state index in [-0.39, 0.29) is 10.8 Å². The number of rotatable bonds is 4. The summed E-state index contributed by atoms with van der Waals surface area (Å²) >= 11 is 0. The summed E-state index contributed by atoms with van der Waals surface area (Å²) < 4.78 is 26.2. The van der Waals surface area contributed by atoms with Crippen LogP contribution in [0, 0.1) is 6.92 Å². The van der Waals surface area contributed by atoms with Gasteiger partial charge in [0, 0.05) is 18.4 Å². The molecule has 3 aromatic rings. The fourth-order valence-electron chi connectivity index (χ4n) is 3.47. The highest BCUT2D eigenvalue weighted by atomic mass is 32.2. The standard InChI is InChI=1S/C18H20N8O3S/c1-10-8-14(25(3)24-10)16-15(11(2)22-18-20-9-21-26(16)18)17(27)23-12-4-6-13(7-5-12)30(19,28)29/h4-9,16H,1-3H3,(H,23,27)(H2,19,28,29)(H,20,21,22). The van der Waals surface area contributed by atoms with Gasteiger partial charge in [0.05, 0.1) is 21.9 Å². The third kappa shape index (κ3) is 3.46. The SMILES string of the molecule is CC1=C(C(=O)Nc2ccc(S(N)(=O)=O)cc2)C(c2cc(C)nn2C)n2ncnc2N1. The maximum Gasteiger partial charge on any atom is 0.255 e. The second-order valence-electron chi connectivity index (χ2n) is 6.95. The molecule has 0 aliphatic carbocycles. The Morgan fingerprint density at radius 1 is 1.23 bits per heavy atom. The molecule has 30 heavy (non-hydrogen) atoms. The monoisotopic (exact) mass is 428 g/mol. The van der Waals surface area contributed by atoms with Crippen molar-refractivity contribution in [3.05, 3.63) is 59.3 Å². The van der Waals surface area contributed by atoms with Crippen LogP contribution in [0.1, 0.15) is 24.4 Å². The number of sulfonamides is 1.